The van der Waals surface area contributed by atoms with E-state index in [1.807, 2.05) is 11.8 Å². The molecule has 2 aromatic carbocycles. The van der Waals surface area contributed by atoms with E-state index in [0.717, 1.165) is 37.9 Å². The number of carbonyl (C=O) groups excluding carboxylic acids is 4. The van der Waals surface area contributed by atoms with Gasteiger partial charge in [-0.05, 0) is 81.0 Å². The van der Waals surface area contributed by atoms with E-state index >= 15 is 0 Å². The molecule has 0 spiro atoms. The van der Waals surface area contributed by atoms with Crippen molar-refractivity contribution in [3.05, 3.63) is 63.9 Å². The fraction of sp³-hybridized carbons (Fsp3) is 0.414. The molecular formula is C29H33ClN6O4. The molecule has 0 bridgehead atoms. The second-order valence-corrected chi connectivity index (χ2v) is 11.0. The van der Waals surface area contributed by atoms with Crippen molar-refractivity contribution in [2.75, 3.05) is 19.6 Å². The van der Waals surface area contributed by atoms with Crippen molar-refractivity contribution in [2.45, 2.75) is 57.5 Å². The zero-order valence-corrected chi connectivity index (χ0v) is 23.2. The highest BCUT2D eigenvalue weighted by Crippen LogP contribution is 2.25. The fourth-order valence-corrected chi connectivity index (χ4v) is 5.77. The average molecular weight is 565 g/mol. The third-order valence-electron chi connectivity index (χ3n) is 7.76. The molecule has 2 saturated heterocycles. The van der Waals surface area contributed by atoms with E-state index in [-0.39, 0.29) is 30.6 Å². The molecule has 3 heterocycles. The van der Waals surface area contributed by atoms with Crippen LogP contribution < -0.4 is 11.1 Å². The van der Waals surface area contributed by atoms with Crippen LogP contribution in [0.2, 0.25) is 5.02 Å². The Kier molecular flexibility index (Phi) is 8.07. The molecule has 4 amide bonds. The number of nitrogens with zero attached hydrogens (tertiary/aromatic N) is 3. The Bertz CT molecular complexity index is 1460. The summed E-state index contributed by atoms with van der Waals surface area (Å²) in [6.07, 6.45) is 3.63. The van der Waals surface area contributed by atoms with E-state index in [4.69, 9.17) is 17.3 Å². The van der Waals surface area contributed by atoms with Crippen LogP contribution in [0.5, 0.6) is 0 Å². The lowest BCUT2D eigenvalue weighted by molar-refractivity contribution is -0.137. The third kappa shape index (κ3) is 5.82. The van der Waals surface area contributed by atoms with Gasteiger partial charge in [-0.3, -0.25) is 19.2 Å². The Morgan fingerprint density at radius 3 is 2.60 bits per heavy atom. The number of H-pyrrole nitrogens is 1. The quantitative estimate of drug-likeness (QED) is 0.384. The SMILES string of the molecule is Cc1cc(C(=O)N[C@@H](CCC(=O)N2CCC[C@H]2C(N)=O)c2nc3ccc(Cl)cc3[nH]2)ccc1C(=O)N1CCCC1. The Balaban J connectivity index is 1.35. The highest BCUT2D eigenvalue weighted by Gasteiger charge is 2.33. The van der Waals surface area contributed by atoms with Crippen molar-refractivity contribution < 1.29 is 19.2 Å². The molecule has 2 aliphatic heterocycles. The van der Waals surface area contributed by atoms with E-state index in [0.29, 0.717) is 46.0 Å². The molecule has 2 fully saturated rings. The van der Waals surface area contributed by atoms with Gasteiger partial charge in [-0.25, -0.2) is 4.98 Å². The van der Waals surface area contributed by atoms with E-state index in [1.165, 1.54) is 4.90 Å². The van der Waals surface area contributed by atoms with Crippen molar-refractivity contribution in [1.82, 2.24) is 25.1 Å². The highest BCUT2D eigenvalue weighted by atomic mass is 35.5. The molecule has 3 aromatic rings. The summed E-state index contributed by atoms with van der Waals surface area (Å²) in [6, 6.07) is 9.10. The van der Waals surface area contributed by atoms with Gasteiger partial charge < -0.3 is 25.8 Å². The van der Waals surface area contributed by atoms with Gasteiger partial charge in [-0.1, -0.05) is 11.6 Å². The van der Waals surface area contributed by atoms with Crippen molar-refractivity contribution in [3.8, 4) is 0 Å². The lowest BCUT2D eigenvalue weighted by Gasteiger charge is -2.23. The van der Waals surface area contributed by atoms with Crippen molar-refractivity contribution in [3.63, 3.8) is 0 Å². The second kappa shape index (κ2) is 11.7. The van der Waals surface area contributed by atoms with Gasteiger partial charge in [0.05, 0.1) is 17.1 Å². The number of nitrogens with two attached hydrogens (primary N) is 1. The van der Waals surface area contributed by atoms with Crippen LogP contribution in [0.15, 0.2) is 36.4 Å². The minimum atomic E-state index is -0.622. The highest BCUT2D eigenvalue weighted by molar-refractivity contribution is 6.31. The van der Waals surface area contributed by atoms with Crippen molar-refractivity contribution >= 4 is 46.3 Å². The van der Waals surface area contributed by atoms with Gasteiger partial charge in [-0.15, -0.1) is 0 Å². The maximum Gasteiger partial charge on any atom is 0.254 e. The number of amides is 4. The van der Waals surface area contributed by atoms with Crippen LogP contribution >= 0.6 is 11.6 Å². The number of hydrogen-bond donors (Lipinski definition) is 3. The number of carbonyl (C=O) groups is 4. The molecule has 11 heteroatoms. The molecule has 10 nitrogen and oxygen atoms in total. The number of benzene rings is 2. The first kappa shape index (κ1) is 27.6. The Hall–Kier alpha value is -3.92. The predicted octanol–water partition coefficient (Wildman–Crippen LogP) is 3.49. The summed E-state index contributed by atoms with van der Waals surface area (Å²) in [4.78, 5) is 62.4. The number of halogens is 1. The van der Waals surface area contributed by atoms with E-state index in [1.54, 1.807) is 36.4 Å². The summed E-state index contributed by atoms with van der Waals surface area (Å²) in [5, 5.41) is 3.56. The molecular weight excluding hydrogens is 532 g/mol. The summed E-state index contributed by atoms with van der Waals surface area (Å²) < 4.78 is 0. The van der Waals surface area contributed by atoms with Gasteiger partial charge >= 0.3 is 0 Å². The Labute approximate surface area is 237 Å². The topological polar surface area (TPSA) is 141 Å². The van der Waals surface area contributed by atoms with Crippen molar-refractivity contribution in [2.24, 2.45) is 5.73 Å². The number of aromatic amines is 1. The summed E-state index contributed by atoms with van der Waals surface area (Å²) in [5.74, 6) is -0.582. The predicted molar refractivity (Wildman–Crippen MR) is 151 cm³/mol. The number of aryl methyl sites for hydroxylation is 1. The molecule has 0 unspecified atom stereocenters. The molecule has 0 radical (unpaired) electrons. The van der Waals surface area contributed by atoms with Crippen LogP contribution in [-0.2, 0) is 9.59 Å². The van der Waals surface area contributed by atoms with Crippen molar-refractivity contribution in [1.29, 1.82) is 0 Å². The molecule has 2 atom stereocenters. The summed E-state index contributed by atoms with van der Waals surface area (Å²) in [7, 11) is 0. The van der Waals surface area contributed by atoms with Crippen LogP contribution in [0, 0.1) is 6.92 Å². The molecule has 4 N–H and O–H groups in total. The molecule has 1 aromatic heterocycles. The van der Waals surface area contributed by atoms with Gasteiger partial charge in [0.15, 0.2) is 0 Å². The smallest absolute Gasteiger partial charge is 0.254 e. The van der Waals surface area contributed by atoms with E-state index in [9.17, 15) is 19.2 Å². The van der Waals surface area contributed by atoms with E-state index < -0.39 is 18.0 Å². The maximum absolute atomic E-state index is 13.4. The number of likely N-dealkylation sites (tertiary alicyclic amines) is 2. The number of primary amides is 1. The maximum atomic E-state index is 13.4. The summed E-state index contributed by atoms with van der Waals surface area (Å²) in [6.45, 7) is 3.81. The van der Waals surface area contributed by atoms with Gasteiger partial charge in [-0.2, -0.15) is 0 Å². The van der Waals surface area contributed by atoms with Crippen LogP contribution in [0.4, 0.5) is 0 Å². The summed E-state index contributed by atoms with van der Waals surface area (Å²) >= 11 is 6.15. The number of rotatable bonds is 8. The number of aromatic nitrogens is 2. The van der Waals surface area contributed by atoms with Gasteiger partial charge in [0.1, 0.15) is 11.9 Å². The minimum Gasteiger partial charge on any atom is -0.368 e. The molecule has 2 aliphatic rings. The standard InChI is InChI=1S/C29H33ClN6O4/c1-17-15-18(6-8-20(17)29(40)35-12-2-3-13-35)28(39)34-22(27-32-21-9-7-19(30)16-23(21)33-27)10-11-25(37)36-14-4-5-24(36)26(31)38/h6-9,15-16,22,24H,2-5,10-14H2,1H3,(H2,31,38)(H,32,33)(H,34,39)/t22-,24-/m0/s1. The second-order valence-electron chi connectivity index (χ2n) is 10.5. The fourth-order valence-electron chi connectivity index (χ4n) is 5.59. The normalized spacial score (nSPS) is 17.8. The van der Waals surface area contributed by atoms with Gasteiger partial charge in [0.2, 0.25) is 11.8 Å². The average Bonchev–Trinajstić information content (AvgIpc) is 3.70. The Morgan fingerprint density at radius 1 is 1.10 bits per heavy atom. The van der Waals surface area contributed by atoms with E-state index in [2.05, 4.69) is 15.3 Å². The lowest BCUT2D eigenvalue weighted by atomic mass is 10.0. The first-order valence-corrected chi connectivity index (χ1v) is 14.0. The van der Waals surface area contributed by atoms with Gasteiger partial charge in [0.25, 0.3) is 11.8 Å². The first-order chi connectivity index (χ1) is 19.2. The van der Waals surface area contributed by atoms with Crippen LogP contribution in [-0.4, -0.2) is 69.1 Å². The first-order valence-electron chi connectivity index (χ1n) is 13.7. The number of fused-ring (bicyclic) bond motifs is 1. The number of nitrogens with one attached hydrogen (secondary N) is 2. The molecule has 5 rings (SSSR count). The lowest BCUT2D eigenvalue weighted by Crippen LogP contribution is -2.44. The molecule has 0 aliphatic carbocycles. The minimum absolute atomic E-state index is 0.0181. The van der Waals surface area contributed by atoms with Crippen LogP contribution in [0.3, 0.4) is 0 Å². The summed E-state index contributed by atoms with van der Waals surface area (Å²) in [5.41, 5.74) is 8.60. The van der Waals surface area contributed by atoms with Gasteiger partial charge in [0, 0.05) is 42.2 Å². The van der Waals surface area contributed by atoms with Crippen LogP contribution in [0.1, 0.15) is 76.7 Å². The third-order valence-corrected chi connectivity index (χ3v) is 7.99. The number of imidazole rings is 1. The molecule has 210 valence electrons. The zero-order chi connectivity index (χ0) is 28.4. The Morgan fingerprint density at radius 2 is 1.88 bits per heavy atom. The molecule has 0 saturated carbocycles. The number of hydrogen-bond acceptors (Lipinski definition) is 5. The zero-order valence-electron chi connectivity index (χ0n) is 22.4. The largest absolute Gasteiger partial charge is 0.368 e. The molecule has 40 heavy (non-hydrogen) atoms. The monoisotopic (exact) mass is 564 g/mol. The van der Waals surface area contributed by atoms with Crippen LogP contribution in [0.25, 0.3) is 11.0 Å².